The van der Waals surface area contributed by atoms with Crippen molar-refractivity contribution in [2.24, 2.45) is 21.8 Å². The Morgan fingerprint density at radius 3 is 2.33 bits per heavy atom. The van der Waals surface area contributed by atoms with Gasteiger partial charge in [0, 0.05) is 0 Å². The van der Waals surface area contributed by atoms with Crippen LogP contribution in [0.4, 0.5) is 0 Å². The Bertz CT molecular complexity index is 295. The van der Waals surface area contributed by atoms with Gasteiger partial charge in [0.15, 0.2) is 5.66 Å². The molecule has 1 aliphatic rings. The number of isocyanates is 2. The molecule has 15 heavy (non-hydrogen) atoms. The molecule has 1 fully saturated rings. The normalized spacial score (nSPS) is 30.5. The van der Waals surface area contributed by atoms with Gasteiger partial charge < -0.3 is 0 Å². The van der Waals surface area contributed by atoms with E-state index in [4.69, 9.17) is 0 Å². The van der Waals surface area contributed by atoms with Crippen LogP contribution >= 0.6 is 0 Å². The third kappa shape index (κ3) is 2.85. The molecule has 0 spiro atoms. The van der Waals surface area contributed by atoms with Crippen LogP contribution in [-0.4, -0.2) is 17.8 Å². The molecule has 0 amide bonds. The molecular formula is C11H16N2O2. The molecule has 0 bridgehead atoms. The Hall–Kier alpha value is -1.24. The Morgan fingerprint density at radius 2 is 1.87 bits per heavy atom. The summed E-state index contributed by atoms with van der Waals surface area (Å²) in [7, 11) is 0. The lowest BCUT2D eigenvalue weighted by molar-refractivity contribution is 0.191. The van der Waals surface area contributed by atoms with Gasteiger partial charge in [0.25, 0.3) is 0 Å². The van der Waals surface area contributed by atoms with Crippen molar-refractivity contribution >= 4 is 12.2 Å². The molecule has 4 heteroatoms. The van der Waals surface area contributed by atoms with Crippen LogP contribution in [-0.2, 0) is 9.59 Å². The average molecular weight is 208 g/mol. The molecule has 4 nitrogen and oxygen atoms in total. The maximum Gasteiger partial charge on any atom is 0.237 e. The third-order valence-electron chi connectivity index (χ3n) is 3.19. The minimum atomic E-state index is -0.864. The first-order chi connectivity index (χ1) is 7.13. The second kappa shape index (κ2) is 5.01. The maximum absolute atomic E-state index is 10.3. The number of rotatable bonds is 3. The number of aliphatic imine (C=N–C) groups is 2. The molecule has 1 rings (SSSR count). The van der Waals surface area contributed by atoms with Crippen molar-refractivity contribution in [3.63, 3.8) is 0 Å². The molecule has 82 valence electrons. The Morgan fingerprint density at radius 1 is 1.27 bits per heavy atom. The Labute approximate surface area is 89.5 Å². The SMILES string of the molecule is CC(C)C1CCCC(N=C=O)(N=C=O)C1. The minimum Gasteiger partial charge on any atom is -0.211 e. The van der Waals surface area contributed by atoms with Crippen molar-refractivity contribution in [3.05, 3.63) is 0 Å². The molecule has 0 N–H and O–H groups in total. The van der Waals surface area contributed by atoms with Crippen molar-refractivity contribution in [1.82, 2.24) is 0 Å². The van der Waals surface area contributed by atoms with E-state index in [0.29, 0.717) is 24.7 Å². The Kier molecular flexibility index (Phi) is 3.96. The molecule has 0 aromatic heterocycles. The summed E-state index contributed by atoms with van der Waals surface area (Å²) >= 11 is 0. The van der Waals surface area contributed by atoms with Crippen molar-refractivity contribution in [2.75, 3.05) is 0 Å². The lowest BCUT2D eigenvalue weighted by atomic mass is 9.76. The molecule has 0 aromatic carbocycles. The molecule has 0 heterocycles. The molecule has 1 atom stereocenters. The first-order valence-electron chi connectivity index (χ1n) is 5.31. The van der Waals surface area contributed by atoms with Gasteiger partial charge >= 0.3 is 0 Å². The lowest BCUT2D eigenvalue weighted by Gasteiger charge is -2.34. The van der Waals surface area contributed by atoms with E-state index < -0.39 is 5.66 Å². The van der Waals surface area contributed by atoms with Crippen LogP contribution in [0.25, 0.3) is 0 Å². The molecule has 0 aromatic rings. The van der Waals surface area contributed by atoms with Gasteiger partial charge in [-0.25, -0.2) is 9.59 Å². The van der Waals surface area contributed by atoms with E-state index in [1.165, 1.54) is 12.2 Å². The van der Waals surface area contributed by atoms with Gasteiger partial charge in [0.05, 0.1) is 0 Å². The van der Waals surface area contributed by atoms with Crippen LogP contribution in [0.2, 0.25) is 0 Å². The summed E-state index contributed by atoms with van der Waals surface area (Å²) in [6.45, 7) is 4.27. The number of nitrogens with zero attached hydrogens (tertiary/aromatic N) is 2. The quantitative estimate of drug-likeness (QED) is 0.527. The minimum absolute atomic E-state index is 0.466. The van der Waals surface area contributed by atoms with E-state index in [0.717, 1.165) is 12.8 Å². The van der Waals surface area contributed by atoms with Crippen LogP contribution in [0.1, 0.15) is 39.5 Å². The first-order valence-corrected chi connectivity index (χ1v) is 5.31. The monoisotopic (exact) mass is 208 g/mol. The van der Waals surface area contributed by atoms with Gasteiger partial charge in [-0.2, -0.15) is 9.98 Å². The van der Waals surface area contributed by atoms with Gasteiger partial charge in [-0.15, -0.1) is 0 Å². The van der Waals surface area contributed by atoms with Crippen molar-refractivity contribution in [3.8, 4) is 0 Å². The van der Waals surface area contributed by atoms with E-state index >= 15 is 0 Å². The number of carbonyl (C=O) groups excluding carboxylic acids is 2. The molecule has 0 radical (unpaired) electrons. The molecule has 1 saturated carbocycles. The third-order valence-corrected chi connectivity index (χ3v) is 3.19. The zero-order valence-corrected chi connectivity index (χ0v) is 9.19. The standard InChI is InChI=1S/C11H16N2O2/c1-9(2)10-4-3-5-11(6-10,12-7-14)13-8-15/h9-10H,3-6H2,1-2H3. The van der Waals surface area contributed by atoms with Gasteiger partial charge in [0.1, 0.15) is 0 Å². The first kappa shape index (κ1) is 11.8. The summed E-state index contributed by atoms with van der Waals surface area (Å²) in [5.74, 6) is 0.987. The summed E-state index contributed by atoms with van der Waals surface area (Å²) < 4.78 is 0. The average Bonchev–Trinajstić information content (AvgIpc) is 2.18. The van der Waals surface area contributed by atoms with Gasteiger partial charge in [-0.3, -0.25) is 0 Å². The fraction of sp³-hybridized carbons (Fsp3) is 0.818. The molecule has 1 unspecified atom stereocenters. The highest BCUT2D eigenvalue weighted by Crippen LogP contribution is 2.39. The van der Waals surface area contributed by atoms with Gasteiger partial charge in [-0.05, 0) is 37.5 Å². The maximum atomic E-state index is 10.3. The highest BCUT2D eigenvalue weighted by Gasteiger charge is 2.37. The second-order valence-corrected chi connectivity index (χ2v) is 4.49. The summed E-state index contributed by atoms with van der Waals surface area (Å²) in [4.78, 5) is 28.1. The summed E-state index contributed by atoms with van der Waals surface area (Å²) in [5, 5.41) is 0. The second-order valence-electron chi connectivity index (χ2n) is 4.49. The molecule has 0 aliphatic heterocycles. The highest BCUT2D eigenvalue weighted by atomic mass is 16.1. The lowest BCUT2D eigenvalue weighted by Crippen LogP contribution is -2.33. The van der Waals surface area contributed by atoms with Crippen LogP contribution < -0.4 is 0 Å². The summed E-state index contributed by atoms with van der Waals surface area (Å²) in [5.41, 5.74) is -0.864. The topological polar surface area (TPSA) is 58.9 Å². The van der Waals surface area contributed by atoms with Gasteiger partial charge in [-0.1, -0.05) is 13.8 Å². The van der Waals surface area contributed by atoms with Crippen LogP contribution in [0.5, 0.6) is 0 Å². The van der Waals surface area contributed by atoms with Crippen LogP contribution in [0, 0.1) is 11.8 Å². The smallest absolute Gasteiger partial charge is 0.211 e. The molecule has 1 aliphatic carbocycles. The van der Waals surface area contributed by atoms with Crippen LogP contribution in [0.3, 0.4) is 0 Å². The van der Waals surface area contributed by atoms with Gasteiger partial charge in [0.2, 0.25) is 12.2 Å². The number of hydrogen-bond acceptors (Lipinski definition) is 4. The van der Waals surface area contributed by atoms with E-state index in [1.807, 2.05) is 0 Å². The number of hydrogen-bond donors (Lipinski definition) is 0. The summed E-state index contributed by atoms with van der Waals surface area (Å²) in [6.07, 6.45) is 6.42. The van der Waals surface area contributed by atoms with E-state index in [-0.39, 0.29) is 0 Å². The highest BCUT2D eigenvalue weighted by molar-refractivity contribution is 5.39. The van der Waals surface area contributed by atoms with E-state index in [2.05, 4.69) is 23.8 Å². The zero-order chi connectivity index (χ0) is 11.3. The predicted molar refractivity (Wildman–Crippen MR) is 55.8 cm³/mol. The molecular weight excluding hydrogens is 192 g/mol. The largest absolute Gasteiger partial charge is 0.237 e. The fourth-order valence-corrected chi connectivity index (χ4v) is 2.24. The predicted octanol–water partition coefficient (Wildman–Crippen LogP) is 2.20. The molecule has 0 saturated heterocycles. The van der Waals surface area contributed by atoms with Crippen molar-refractivity contribution in [2.45, 2.75) is 45.2 Å². The van der Waals surface area contributed by atoms with Crippen molar-refractivity contribution in [1.29, 1.82) is 0 Å². The Balaban J connectivity index is 2.89. The van der Waals surface area contributed by atoms with E-state index in [9.17, 15) is 9.59 Å². The zero-order valence-electron chi connectivity index (χ0n) is 9.19. The van der Waals surface area contributed by atoms with Crippen LogP contribution in [0.15, 0.2) is 9.98 Å². The summed E-state index contributed by atoms with van der Waals surface area (Å²) in [6, 6.07) is 0. The van der Waals surface area contributed by atoms with Crippen molar-refractivity contribution < 1.29 is 9.59 Å². The fourth-order valence-electron chi connectivity index (χ4n) is 2.24. The van der Waals surface area contributed by atoms with E-state index in [1.54, 1.807) is 0 Å².